The van der Waals surface area contributed by atoms with Crippen LogP contribution in [-0.4, -0.2) is 47.7 Å². The predicted molar refractivity (Wildman–Crippen MR) is 100 cm³/mol. The highest BCUT2D eigenvalue weighted by Gasteiger charge is 2.24. The van der Waals surface area contributed by atoms with E-state index in [2.05, 4.69) is 50.0 Å². The van der Waals surface area contributed by atoms with Crippen LogP contribution in [0.4, 0.5) is 11.8 Å². The van der Waals surface area contributed by atoms with Crippen molar-refractivity contribution in [1.82, 2.24) is 34.6 Å². The molecular formula is C17H25N9. The first kappa shape index (κ1) is 16.8. The third-order valence-electron chi connectivity index (χ3n) is 5.15. The average molecular weight is 355 g/mol. The lowest BCUT2D eigenvalue weighted by atomic mass is 9.96. The number of nitrogens with one attached hydrogen (secondary N) is 1. The molecule has 0 aliphatic carbocycles. The zero-order valence-corrected chi connectivity index (χ0v) is 15.2. The number of aryl methyl sites for hydroxylation is 2. The van der Waals surface area contributed by atoms with E-state index in [0.717, 1.165) is 50.5 Å². The Morgan fingerprint density at radius 1 is 1.19 bits per heavy atom. The number of nitrogen functional groups attached to an aromatic ring is 2. The van der Waals surface area contributed by atoms with Crippen molar-refractivity contribution in [1.29, 1.82) is 0 Å². The fourth-order valence-corrected chi connectivity index (χ4v) is 3.63. The van der Waals surface area contributed by atoms with Crippen molar-refractivity contribution in [3.8, 4) is 0 Å². The minimum absolute atomic E-state index is 0.158. The topological polar surface area (TPSA) is 128 Å². The van der Waals surface area contributed by atoms with Gasteiger partial charge in [0.1, 0.15) is 11.3 Å². The third-order valence-corrected chi connectivity index (χ3v) is 5.15. The molecule has 0 spiro atoms. The first-order chi connectivity index (χ1) is 12.5. The average Bonchev–Trinajstić information content (AvgIpc) is 3.19. The Morgan fingerprint density at radius 2 is 1.96 bits per heavy atom. The number of fused-ring (bicyclic) bond motifs is 1. The second kappa shape index (κ2) is 6.56. The van der Waals surface area contributed by atoms with Gasteiger partial charge in [0.05, 0.1) is 5.69 Å². The van der Waals surface area contributed by atoms with Crippen LogP contribution in [0.5, 0.6) is 0 Å². The van der Waals surface area contributed by atoms with Crippen LogP contribution in [0.1, 0.15) is 42.8 Å². The highest BCUT2D eigenvalue weighted by Crippen LogP contribution is 2.29. The molecule has 1 saturated heterocycles. The molecule has 0 atom stereocenters. The van der Waals surface area contributed by atoms with Crippen molar-refractivity contribution in [2.75, 3.05) is 24.6 Å². The molecule has 3 aromatic heterocycles. The number of anilines is 2. The molecule has 1 aliphatic heterocycles. The summed E-state index contributed by atoms with van der Waals surface area (Å²) in [5.74, 6) is 1.82. The summed E-state index contributed by atoms with van der Waals surface area (Å²) in [4.78, 5) is 18.5. The summed E-state index contributed by atoms with van der Waals surface area (Å²) in [6.07, 6.45) is 4.25. The SMILES string of the molecule is CCn1cc(CN2CCC(c3nc4nc(N)nc(N)c4[nH]3)CC2)c(C)n1. The van der Waals surface area contributed by atoms with E-state index in [-0.39, 0.29) is 5.95 Å². The van der Waals surface area contributed by atoms with Crippen LogP contribution in [-0.2, 0) is 13.1 Å². The number of imidazole rings is 1. The maximum atomic E-state index is 5.92. The van der Waals surface area contributed by atoms with E-state index in [9.17, 15) is 0 Å². The number of rotatable bonds is 4. The van der Waals surface area contributed by atoms with Gasteiger partial charge in [0.15, 0.2) is 11.5 Å². The Morgan fingerprint density at radius 3 is 2.65 bits per heavy atom. The Bertz CT molecular complexity index is 918. The largest absolute Gasteiger partial charge is 0.382 e. The number of nitrogens with zero attached hydrogens (tertiary/aromatic N) is 6. The van der Waals surface area contributed by atoms with Crippen molar-refractivity contribution >= 4 is 22.9 Å². The fourth-order valence-electron chi connectivity index (χ4n) is 3.63. The molecule has 3 aromatic rings. The van der Waals surface area contributed by atoms with Gasteiger partial charge >= 0.3 is 0 Å². The van der Waals surface area contributed by atoms with Gasteiger partial charge in [-0.1, -0.05) is 0 Å². The van der Waals surface area contributed by atoms with Crippen LogP contribution in [0.2, 0.25) is 0 Å². The molecule has 0 bridgehead atoms. The molecule has 1 fully saturated rings. The monoisotopic (exact) mass is 355 g/mol. The maximum Gasteiger partial charge on any atom is 0.224 e. The minimum Gasteiger partial charge on any atom is -0.382 e. The number of aromatic amines is 1. The van der Waals surface area contributed by atoms with E-state index in [1.165, 1.54) is 5.56 Å². The molecule has 9 heteroatoms. The van der Waals surface area contributed by atoms with Crippen molar-refractivity contribution in [3.05, 3.63) is 23.3 Å². The van der Waals surface area contributed by atoms with Crippen molar-refractivity contribution in [2.24, 2.45) is 0 Å². The first-order valence-corrected chi connectivity index (χ1v) is 9.07. The van der Waals surface area contributed by atoms with Crippen molar-refractivity contribution in [2.45, 2.75) is 45.7 Å². The van der Waals surface area contributed by atoms with Gasteiger partial charge in [-0.2, -0.15) is 15.1 Å². The molecule has 0 radical (unpaired) electrons. The van der Waals surface area contributed by atoms with E-state index in [1.807, 2.05) is 4.68 Å². The van der Waals surface area contributed by atoms with Gasteiger partial charge in [-0.3, -0.25) is 9.58 Å². The molecule has 9 nitrogen and oxygen atoms in total. The molecule has 138 valence electrons. The van der Waals surface area contributed by atoms with E-state index < -0.39 is 0 Å². The molecule has 0 aromatic carbocycles. The molecule has 4 heterocycles. The first-order valence-electron chi connectivity index (χ1n) is 9.07. The highest BCUT2D eigenvalue weighted by atomic mass is 15.3. The van der Waals surface area contributed by atoms with Crippen LogP contribution < -0.4 is 11.5 Å². The van der Waals surface area contributed by atoms with Crippen LogP contribution in [0.25, 0.3) is 11.2 Å². The summed E-state index contributed by atoms with van der Waals surface area (Å²) in [5, 5.41) is 4.54. The van der Waals surface area contributed by atoms with Gasteiger partial charge in [0.2, 0.25) is 5.95 Å². The zero-order chi connectivity index (χ0) is 18.3. The predicted octanol–water partition coefficient (Wildman–Crippen LogP) is 1.42. The van der Waals surface area contributed by atoms with Crippen LogP contribution in [0.3, 0.4) is 0 Å². The highest BCUT2D eigenvalue weighted by molar-refractivity contribution is 5.82. The molecule has 26 heavy (non-hydrogen) atoms. The Kier molecular flexibility index (Phi) is 4.23. The second-order valence-corrected chi connectivity index (χ2v) is 6.93. The molecule has 0 amide bonds. The maximum absolute atomic E-state index is 5.92. The summed E-state index contributed by atoms with van der Waals surface area (Å²) in [5.41, 5.74) is 15.2. The van der Waals surface area contributed by atoms with E-state index in [4.69, 9.17) is 11.5 Å². The summed E-state index contributed by atoms with van der Waals surface area (Å²) in [7, 11) is 0. The number of hydrogen-bond donors (Lipinski definition) is 3. The molecular weight excluding hydrogens is 330 g/mol. The number of piperidine rings is 1. The number of aromatic nitrogens is 6. The summed E-state index contributed by atoms with van der Waals surface area (Å²) in [6.45, 7) is 8.11. The number of nitrogens with two attached hydrogens (primary N) is 2. The Balaban J connectivity index is 1.43. The quantitative estimate of drug-likeness (QED) is 0.645. The standard InChI is InChI=1S/C17H25N9/c1-3-26-9-12(10(2)24-26)8-25-6-4-11(5-7-25)15-20-13-14(18)21-17(19)23-16(13)22-15/h9,11H,3-8H2,1-2H3,(H5,18,19,20,21,22,23). The van der Waals surface area contributed by atoms with Crippen molar-refractivity contribution in [3.63, 3.8) is 0 Å². The Hall–Kier alpha value is -2.68. The second-order valence-electron chi connectivity index (χ2n) is 6.93. The third kappa shape index (κ3) is 3.10. The van der Waals surface area contributed by atoms with E-state index in [0.29, 0.717) is 22.9 Å². The molecule has 0 unspecified atom stereocenters. The molecule has 1 aliphatic rings. The van der Waals surface area contributed by atoms with Gasteiger partial charge in [0.25, 0.3) is 0 Å². The van der Waals surface area contributed by atoms with E-state index in [1.54, 1.807) is 0 Å². The van der Waals surface area contributed by atoms with Gasteiger partial charge in [-0.25, -0.2) is 4.98 Å². The number of hydrogen-bond acceptors (Lipinski definition) is 7. The lowest BCUT2D eigenvalue weighted by Gasteiger charge is -2.30. The summed E-state index contributed by atoms with van der Waals surface area (Å²) < 4.78 is 2.00. The van der Waals surface area contributed by atoms with Crippen molar-refractivity contribution < 1.29 is 0 Å². The summed E-state index contributed by atoms with van der Waals surface area (Å²) >= 11 is 0. The zero-order valence-electron chi connectivity index (χ0n) is 15.2. The van der Waals surface area contributed by atoms with Crippen LogP contribution >= 0.6 is 0 Å². The van der Waals surface area contributed by atoms with Gasteiger partial charge in [-0.05, 0) is 39.8 Å². The lowest BCUT2D eigenvalue weighted by molar-refractivity contribution is 0.202. The molecule has 5 N–H and O–H groups in total. The normalized spacial score (nSPS) is 16.5. The Labute approximate surface area is 151 Å². The smallest absolute Gasteiger partial charge is 0.224 e. The molecule has 0 saturated carbocycles. The fraction of sp³-hybridized carbons (Fsp3) is 0.529. The van der Waals surface area contributed by atoms with Gasteiger partial charge < -0.3 is 16.5 Å². The van der Waals surface area contributed by atoms with Gasteiger partial charge in [-0.15, -0.1) is 0 Å². The lowest BCUT2D eigenvalue weighted by Crippen LogP contribution is -2.32. The summed E-state index contributed by atoms with van der Waals surface area (Å²) in [6, 6.07) is 0. The minimum atomic E-state index is 0.158. The number of H-pyrrole nitrogens is 1. The number of likely N-dealkylation sites (tertiary alicyclic amines) is 1. The van der Waals surface area contributed by atoms with E-state index >= 15 is 0 Å². The molecule has 4 rings (SSSR count). The van der Waals surface area contributed by atoms with Crippen LogP contribution in [0.15, 0.2) is 6.20 Å². The van der Waals surface area contributed by atoms with Gasteiger partial charge in [0, 0.05) is 30.8 Å². The van der Waals surface area contributed by atoms with Crippen LogP contribution in [0, 0.1) is 6.92 Å².